The molecule has 0 unspecified atom stereocenters. The number of sulfonamides is 1. The van der Waals surface area contributed by atoms with Gasteiger partial charge in [0.2, 0.25) is 15.9 Å². The second-order valence-electron chi connectivity index (χ2n) is 6.16. The number of nitrogens with one attached hydrogen (secondary N) is 1. The second-order valence-corrected chi connectivity index (χ2v) is 7.99. The fraction of sp³-hybridized carbons (Fsp3) is 0.733. The van der Waals surface area contributed by atoms with Crippen molar-refractivity contribution in [2.45, 2.75) is 52.0 Å². The zero-order valence-electron chi connectivity index (χ0n) is 14.0. The second kappa shape index (κ2) is 7.44. The highest BCUT2D eigenvalue weighted by Gasteiger charge is 2.27. The largest absolute Gasteiger partial charge is 0.361 e. The highest BCUT2D eigenvalue weighted by atomic mass is 32.2. The summed E-state index contributed by atoms with van der Waals surface area (Å²) in [6, 6.07) is -0.0596. The van der Waals surface area contributed by atoms with E-state index >= 15 is 0 Å². The number of nitrogens with zero attached hydrogens (tertiary/aromatic N) is 2. The SMILES string of the molecule is Cc1noc(C)c1CCC(=O)N1CCCC[C@@H]1CNS(C)(=O)=O. The molecule has 2 heterocycles. The first-order chi connectivity index (χ1) is 10.8. The molecule has 7 nitrogen and oxygen atoms in total. The van der Waals surface area contributed by atoms with Crippen LogP contribution in [-0.4, -0.2) is 49.8 Å². The number of hydrogen-bond acceptors (Lipinski definition) is 5. The molecule has 1 amide bonds. The Balaban J connectivity index is 1.95. The van der Waals surface area contributed by atoms with E-state index in [0.29, 0.717) is 19.4 Å². The van der Waals surface area contributed by atoms with Crippen LogP contribution in [0, 0.1) is 13.8 Å². The lowest BCUT2D eigenvalue weighted by Gasteiger charge is -2.36. The Hall–Kier alpha value is -1.41. The molecule has 0 aromatic carbocycles. The third-order valence-electron chi connectivity index (χ3n) is 4.30. The van der Waals surface area contributed by atoms with E-state index in [9.17, 15) is 13.2 Å². The molecule has 1 fully saturated rings. The van der Waals surface area contributed by atoms with Crippen LogP contribution in [0.25, 0.3) is 0 Å². The molecule has 1 aromatic rings. The molecule has 0 saturated carbocycles. The Bertz CT molecular complexity index is 634. The summed E-state index contributed by atoms with van der Waals surface area (Å²) in [4.78, 5) is 14.4. The van der Waals surface area contributed by atoms with Gasteiger partial charge in [-0.1, -0.05) is 5.16 Å². The zero-order chi connectivity index (χ0) is 17.0. The summed E-state index contributed by atoms with van der Waals surface area (Å²) in [6.45, 7) is 4.70. The molecule has 2 rings (SSSR count). The van der Waals surface area contributed by atoms with Gasteiger partial charge in [-0.05, 0) is 39.5 Å². The number of carbonyl (C=O) groups is 1. The minimum Gasteiger partial charge on any atom is -0.361 e. The van der Waals surface area contributed by atoms with E-state index in [1.165, 1.54) is 0 Å². The van der Waals surface area contributed by atoms with Crippen molar-refractivity contribution in [2.75, 3.05) is 19.3 Å². The van der Waals surface area contributed by atoms with Crippen LogP contribution in [0.4, 0.5) is 0 Å². The molecule has 1 N–H and O–H groups in total. The third kappa shape index (κ3) is 5.04. The van der Waals surface area contributed by atoms with Gasteiger partial charge in [-0.25, -0.2) is 13.1 Å². The third-order valence-corrected chi connectivity index (χ3v) is 4.99. The van der Waals surface area contributed by atoms with Gasteiger partial charge in [0, 0.05) is 31.1 Å². The number of carbonyl (C=O) groups excluding carboxylic acids is 1. The lowest BCUT2D eigenvalue weighted by atomic mass is 10.0. The fourth-order valence-electron chi connectivity index (χ4n) is 3.02. The standard InChI is InChI=1S/C15H25N3O4S/c1-11-14(12(2)22-17-11)7-8-15(19)18-9-5-4-6-13(18)10-16-23(3,20)21/h13,16H,4-10H2,1-3H3/t13-/m1/s1. The molecular formula is C15H25N3O4S. The molecule has 0 aliphatic carbocycles. The predicted molar refractivity (Wildman–Crippen MR) is 86.5 cm³/mol. The van der Waals surface area contributed by atoms with Crippen molar-refractivity contribution in [1.82, 2.24) is 14.8 Å². The van der Waals surface area contributed by atoms with Crippen LogP contribution in [0.2, 0.25) is 0 Å². The van der Waals surface area contributed by atoms with E-state index < -0.39 is 10.0 Å². The van der Waals surface area contributed by atoms with Crippen molar-refractivity contribution in [3.8, 4) is 0 Å². The summed E-state index contributed by atoms with van der Waals surface area (Å²) >= 11 is 0. The van der Waals surface area contributed by atoms with Gasteiger partial charge in [-0.2, -0.15) is 0 Å². The smallest absolute Gasteiger partial charge is 0.223 e. The van der Waals surface area contributed by atoms with Crippen LogP contribution in [0.5, 0.6) is 0 Å². The van der Waals surface area contributed by atoms with Gasteiger partial charge in [0.25, 0.3) is 0 Å². The van der Waals surface area contributed by atoms with E-state index in [1.807, 2.05) is 18.7 Å². The zero-order valence-corrected chi connectivity index (χ0v) is 14.8. The average molecular weight is 343 g/mol. The molecule has 1 aliphatic rings. The van der Waals surface area contributed by atoms with E-state index in [-0.39, 0.29) is 18.5 Å². The molecule has 0 spiro atoms. The van der Waals surface area contributed by atoms with Gasteiger partial charge in [-0.15, -0.1) is 0 Å². The molecule has 0 radical (unpaired) electrons. The van der Waals surface area contributed by atoms with Crippen molar-refractivity contribution >= 4 is 15.9 Å². The van der Waals surface area contributed by atoms with Gasteiger partial charge < -0.3 is 9.42 Å². The molecule has 0 bridgehead atoms. The van der Waals surface area contributed by atoms with Crippen molar-refractivity contribution in [2.24, 2.45) is 0 Å². The van der Waals surface area contributed by atoms with Gasteiger partial charge >= 0.3 is 0 Å². The van der Waals surface area contributed by atoms with Crippen molar-refractivity contribution in [3.63, 3.8) is 0 Å². The fourth-order valence-corrected chi connectivity index (χ4v) is 3.52. The van der Waals surface area contributed by atoms with Crippen molar-refractivity contribution in [3.05, 3.63) is 17.0 Å². The van der Waals surface area contributed by atoms with Gasteiger partial charge in [0.1, 0.15) is 5.76 Å². The van der Waals surface area contributed by atoms with Crippen LogP contribution < -0.4 is 4.72 Å². The molecular weight excluding hydrogens is 318 g/mol. The monoisotopic (exact) mass is 343 g/mol. The van der Waals surface area contributed by atoms with E-state index in [1.54, 1.807) is 0 Å². The summed E-state index contributed by atoms with van der Waals surface area (Å²) in [6.07, 6.45) is 4.94. The number of piperidine rings is 1. The first-order valence-electron chi connectivity index (χ1n) is 7.94. The Morgan fingerprint density at radius 3 is 2.74 bits per heavy atom. The maximum absolute atomic E-state index is 12.5. The van der Waals surface area contributed by atoms with E-state index in [4.69, 9.17) is 4.52 Å². The van der Waals surface area contributed by atoms with Crippen LogP contribution in [0.1, 0.15) is 42.7 Å². The highest BCUT2D eigenvalue weighted by molar-refractivity contribution is 7.88. The lowest BCUT2D eigenvalue weighted by molar-refractivity contribution is -0.134. The molecule has 1 aliphatic heterocycles. The molecule has 1 aromatic heterocycles. The molecule has 130 valence electrons. The van der Waals surface area contributed by atoms with Crippen LogP contribution in [0.3, 0.4) is 0 Å². The first kappa shape index (κ1) is 17.9. The minimum atomic E-state index is -3.24. The van der Waals surface area contributed by atoms with Gasteiger partial charge in [0.05, 0.1) is 11.9 Å². The normalized spacial score (nSPS) is 19.1. The summed E-state index contributed by atoms with van der Waals surface area (Å²) in [5, 5.41) is 3.90. The lowest BCUT2D eigenvalue weighted by Crippen LogP contribution is -2.49. The van der Waals surface area contributed by atoms with Crippen LogP contribution in [0.15, 0.2) is 4.52 Å². The van der Waals surface area contributed by atoms with Crippen molar-refractivity contribution in [1.29, 1.82) is 0 Å². The van der Waals surface area contributed by atoms with Crippen molar-refractivity contribution < 1.29 is 17.7 Å². The topological polar surface area (TPSA) is 92.5 Å². The predicted octanol–water partition coefficient (Wildman–Crippen LogP) is 1.15. The Labute approximate surface area is 137 Å². The number of rotatable bonds is 6. The Kier molecular flexibility index (Phi) is 5.80. The Morgan fingerprint density at radius 2 is 2.13 bits per heavy atom. The maximum Gasteiger partial charge on any atom is 0.223 e. The van der Waals surface area contributed by atoms with Crippen LogP contribution in [-0.2, 0) is 21.2 Å². The number of hydrogen-bond donors (Lipinski definition) is 1. The highest BCUT2D eigenvalue weighted by Crippen LogP contribution is 2.20. The first-order valence-corrected chi connectivity index (χ1v) is 9.83. The summed E-state index contributed by atoms with van der Waals surface area (Å²) in [5.41, 5.74) is 1.81. The van der Waals surface area contributed by atoms with Gasteiger partial charge in [0.15, 0.2) is 0 Å². The molecule has 8 heteroatoms. The summed E-state index contributed by atoms with van der Waals surface area (Å²) in [7, 11) is -3.24. The number of aromatic nitrogens is 1. The Morgan fingerprint density at radius 1 is 1.39 bits per heavy atom. The maximum atomic E-state index is 12.5. The van der Waals surface area contributed by atoms with E-state index in [2.05, 4.69) is 9.88 Å². The minimum absolute atomic E-state index is 0.0596. The molecule has 1 atom stereocenters. The number of amides is 1. The summed E-state index contributed by atoms with van der Waals surface area (Å²) in [5.74, 6) is 0.814. The summed E-state index contributed by atoms with van der Waals surface area (Å²) < 4.78 is 30.2. The molecule has 23 heavy (non-hydrogen) atoms. The molecule has 1 saturated heterocycles. The number of aryl methyl sites for hydroxylation is 2. The quantitative estimate of drug-likeness (QED) is 0.836. The number of likely N-dealkylation sites (tertiary alicyclic amines) is 1. The average Bonchev–Trinajstić information content (AvgIpc) is 2.81. The van der Waals surface area contributed by atoms with Gasteiger partial charge in [-0.3, -0.25) is 4.79 Å². The van der Waals surface area contributed by atoms with Crippen LogP contribution >= 0.6 is 0 Å². The van der Waals surface area contributed by atoms with E-state index in [0.717, 1.165) is 42.5 Å².